The van der Waals surface area contributed by atoms with E-state index in [0.29, 0.717) is 11.3 Å². The van der Waals surface area contributed by atoms with Crippen molar-refractivity contribution in [1.29, 1.82) is 0 Å². The molecule has 0 unspecified atom stereocenters. The van der Waals surface area contributed by atoms with Crippen molar-refractivity contribution < 1.29 is 4.79 Å². The smallest absolute Gasteiger partial charge is 0.255 e. The van der Waals surface area contributed by atoms with Gasteiger partial charge in [-0.1, -0.05) is 23.8 Å². The summed E-state index contributed by atoms with van der Waals surface area (Å²) >= 11 is 0. The van der Waals surface area contributed by atoms with Crippen LogP contribution in [0.2, 0.25) is 0 Å². The summed E-state index contributed by atoms with van der Waals surface area (Å²) in [6, 6.07) is 27.0. The van der Waals surface area contributed by atoms with Gasteiger partial charge in [-0.05, 0) is 79.0 Å². The van der Waals surface area contributed by atoms with Gasteiger partial charge >= 0.3 is 0 Å². The van der Waals surface area contributed by atoms with Crippen LogP contribution in [0.1, 0.15) is 15.9 Å². The first kappa shape index (κ1) is 21.2. The largest absolute Gasteiger partial charge is 0.355 e. The summed E-state index contributed by atoms with van der Waals surface area (Å²) in [5.41, 5.74) is 5.12. The zero-order chi connectivity index (χ0) is 23.3. The van der Waals surface area contributed by atoms with Gasteiger partial charge in [0.15, 0.2) is 0 Å². The highest BCUT2D eigenvalue weighted by Crippen LogP contribution is 2.26. The number of nitrogens with one attached hydrogen (secondary N) is 3. The second-order valence-corrected chi connectivity index (χ2v) is 7.98. The Kier molecular flexibility index (Phi) is 5.86. The predicted molar refractivity (Wildman–Crippen MR) is 138 cm³/mol. The third-order valence-corrected chi connectivity index (χ3v) is 5.42. The Morgan fingerprint density at radius 1 is 0.706 bits per heavy atom. The van der Waals surface area contributed by atoms with Crippen molar-refractivity contribution in [3.05, 3.63) is 115 Å². The van der Waals surface area contributed by atoms with Gasteiger partial charge in [-0.15, -0.1) is 0 Å². The number of amides is 1. The quantitative estimate of drug-likeness (QED) is 0.272. The van der Waals surface area contributed by atoms with Crippen molar-refractivity contribution in [1.82, 2.24) is 9.97 Å². The van der Waals surface area contributed by atoms with Crippen molar-refractivity contribution in [2.75, 3.05) is 16.0 Å². The van der Waals surface area contributed by atoms with Crippen LogP contribution in [-0.2, 0) is 0 Å². The molecule has 0 fully saturated rings. The molecule has 0 bridgehead atoms. The van der Waals surface area contributed by atoms with E-state index < -0.39 is 0 Å². The molecular formula is C28H23N5O. The van der Waals surface area contributed by atoms with E-state index in [4.69, 9.17) is 0 Å². The Hall–Kier alpha value is -4.71. The maximum Gasteiger partial charge on any atom is 0.255 e. The summed E-state index contributed by atoms with van der Waals surface area (Å²) in [5, 5.41) is 11.8. The number of fused-ring (bicyclic) bond motifs is 1. The number of anilines is 5. The zero-order valence-corrected chi connectivity index (χ0v) is 18.6. The van der Waals surface area contributed by atoms with E-state index >= 15 is 0 Å². The first-order valence-electron chi connectivity index (χ1n) is 10.9. The van der Waals surface area contributed by atoms with Gasteiger partial charge in [-0.25, -0.2) is 4.98 Å². The average Bonchev–Trinajstić information content (AvgIpc) is 2.86. The molecule has 0 spiro atoms. The highest BCUT2D eigenvalue weighted by atomic mass is 16.1. The Bertz CT molecular complexity index is 1450. The molecular weight excluding hydrogens is 422 g/mol. The number of hydrogen-bond acceptors (Lipinski definition) is 5. The maximum absolute atomic E-state index is 12.8. The molecule has 6 heteroatoms. The van der Waals surface area contributed by atoms with Gasteiger partial charge in [0.1, 0.15) is 5.82 Å². The molecule has 3 N–H and O–H groups in total. The minimum atomic E-state index is -0.175. The minimum absolute atomic E-state index is 0.175. The number of aryl methyl sites for hydroxylation is 1. The van der Waals surface area contributed by atoms with Crippen LogP contribution in [0.25, 0.3) is 10.8 Å². The molecule has 34 heavy (non-hydrogen) atoms. The molecule has 0 aliphatic heterocycles. The lowest BCUT2D eigenvalue weighted by atomic mass is 10.1. The Balaban J connectivity index is 1.27. The molecule has 166 valence electrons. The number of aromatic nitrogens is 2. The van der Waals surface area contributed by atoms with Gasteiger partial charge in [0.05, 0.1) is 0 Å². The van der Waals surface area contributed by atoms with Crippen molar-refractivity contribution in [2.24, 2.45) is 0 Å². The topological polar surface area (TPSA) is 78.9 Å². The maximum atomic E-state index is 12.8. The van der Waals surface area contributed by atoms with E-state index in [1.807, 2.05) is 54.6 Å². The molecule has 3 aromatic carbocycles. The summed E-state index contributed by atoms with van der Waals surface area (Å²) in [5.74, 6) is 0.614. The fraction of sp³-hybridized carbons (Fsp3) is 0.0357. The number of pyridine rings is 2. The molecule has 5 rings (SSSR count). The highest BCUT2D eigenvalue weighted by Gasteiger charge is 2.08. The molecule has 0 saturated carbocycles. The van der Waals surface area contributed by atoms with E-state index in [1.165, 1.54) is 5.56 Å². The predicted octanol–water partition coefficient (Wildman–Crippen LogP) is 6.68. The van der Waals surface area contributed by atoms with Crippen LogP contribution in [-0.4, -0.2) is 15.9 Å². The van der Waals surface area contributed by atoms with Crippen LogP contribution >= 0.6 is 0 Å². The third kappa shape index (κ3) is 4.86. The molecule has 6 nitrogen and oxygen atoms in total. The number of carbonyl (C=O) groups excluding carboxylic acids is 1. The van der Waals surface area contributed by atoms with Gasteiger partial charge in [0.25, 0.3) is 5.91 Å². The molecule has 0 aliphatic carbocycles. The number of benzene rings is 3. The van der Waals surface area contributed by atoms with Gasteiger partial charge < -0.3 is 16.0 Å². The summed E-state index contributed by atoms with van der Waals surface area (Å²) in [6.45, 7) is 2.06. The fourth-order valence-corrected chi connectivity index (χ4v) is 3.70. The summed E-state index contributed by atoms with van der Waals surface area (Å²) in [4.78, 5) is 21.3. The van der Waals surface area contributed by atoms with Gasteiger partial charge in [0.2, 0.25) is 0 Å². The summed E-state index contributed by atoms with van der Waals surface area (Å²) < 4.78 is 0. The van der Waals surface area contributed by atoms with Gasteiger partial charge in [0, 0.05) is 52.3 Å². The Labute approximate surface area is 197 Å². The highest BCUT2D eigenvalue weighted by molar-refractivity contribution is 6.04. The van der Waals surface area contributed by atoms with Crippen molar-refractivity contribution in [3.63, 3.8) is 0 Å². The SMILES string of the molecule is Cc1ccc2ccnc(Nc3ccc(C(=O)Nc4cccc(Nc5ccncc5)c4)cc3)c2c1. The molecule has 0 saturated heterocycles. The van der Waals surface area contributed by atoms with Crippen LogP contribution in [0.4, 0.5) is 28.6 Å². The third-order valence-electron chi connectivity index (χ3n) is 5.42. The second kappa shape index (κ2) is 9.42. The number of rotatable bonds is 6. The second-order valence-electron chi connectivity index (χ2n) is 7.98. The monoisotopic (exact) mass is 445 g/mol. The lowest BCUT2D eigenvalue weighted by Gasteiger charge is -2.11. The number of hydrogen-bond donors (Lipinski definition) is 3. The molecule has 1 amide bonds. The average molecular weight is 446 g/mol. The normalized spacial score (nSPS) is 10.6. The van der Waals surface area contributed by atoms with Crippen molar-refractivity contribution >= 4 is 45.2 Å². The molecule has 0 atom stereocenters. The number of carbonyl (C=O) groups is 1. The zero-order valence-electron chi connectivity index (χ0n) is 18.6. The molecule has 2 heterocycles. The first-order chi connectivity index (χ1) is 16.6. The van der Waals surface area contributed by atoms with Crippen LogP contribution in [0.5, 0.6) is 0 Å². The lowest BCUT2D eigenvalue weighted by molar-refractivity contribution is 0.102. The standard InChI is InChI=1S/C28H23N5O/c1-19-5-6-20-11-16-30-27(26(20)17-19)32-22-9-7-21(8-10-22)28(34)33-25-4-2-3-24(18-25)31-23-12-14-29-15-13-23/h2-18H,1H3,(H,29,31)(H,30,32)(H,33,34). The van der Waals surface area contributed by atoms with Crippen molar-refractivity contribution in [3.8, 4) is 0 Å². The first-order valence-corrected chi connectivity index (χ1v) is 10.9. The Morgan fingerprint density at radius 3 is 2.29 bits per heavy atom. The van der Waals surface area contributed by atoms with Crippen molar-refractivity contribution in [2.45, 2.75) is 6.92 Å². The molecule has 0 aliphatic rings. The van der Waals surface area contributed by atoms with E-state index in [-0.39, 0.29) is 5.91 Å². The lowest BCUT2D eigenvalue weighted by Crippen LogP contribution is -2.12. The van der Waals surface area contributed by atoms with Gasteiger partial charge in [-0.2, -0.15) is 0 Å². The van der Waals surface area contributed by atoms with E-state index in [1.54, 1.807) is 30.7 Å². The van der Waals surface area contributed by atoms with E-state index in [2.05, 4.69) is 51.0 Å². The van der Waals surface area contributed by atoms with Crippen LogP contribution in [0.3, 0.4) is 0 Å². The van der Waals surface area contributed by atoms with Crippen LogP contribution in [0, 0.1) is 6.92 Å². The van der Waals surface area contributed by atoms with Crippen LogP contribution in [0.15, 0.2) is 104 Å². The Morgan fingerprint density at radius 2 is 1.47 bits per heavy atom. The molecule has 2 aromatic heterocycles. The molecule has 5 aromatic rings. The minimum Gasteiger partial charge on any atom is -0.355 e. The summed E-state index contributed by atoms with van der Waals surface area (Å²) in [7, 11) is 0. The number of nitrogens with zero attached hydrogens (tertiary/aromatic N) is 2. The van der Waals surface area contributed by atoms with Gasteiger partial charge in [-0.3, -0.25) is 9.78 Å². The van der Waals surface area contributed by atoms with Crippen LogP contribution < -0.4 is 16.0 Å². The molecule has 0 radical (unpaired) electrons. The fourth-order valence-electron chi connectivity index (χ4n) is 3.70. The van der Waals surface area contributed by atoms with E-state index in [9.17, 15) is 4.79 Å². The summed E-state index contributed by atoms with van der Waals surface area (Å²) in [6.07, 6.45) is 5.24. The van der Waals surface area contributed by atoms with E-state index in [0.717, 1.165) is 33.7 Å².